The van der Waals surface area contributed by atoms with E-state index in [-0.39, 0.29) is 5.41 Å². The first kappa shape index (κ1) is 18.2. The van der Waals surface area contributed by atoms with E-state index in [0.717, 1.165) is 26.9 Å². The van der Waals surface area contributed by atoms with E-state index in [1.165, 1.54) is 16.7 Å². The van der Waals surface area contributed by atoms with Crippen LogP contribution in [0, 0.1) is 20.8 Å². The summed E-state index contributed by atoms with van der Waals surface area (Å²) in [4.78, 5) is 3.70. The average Bonchev–Trinajstić information content (AvgIpc) is 2.98. The van der Waals surface area contributed by atoms with Crippen LogP contribution in [0.25, 0.3) is 0 Å². The smallest absolute Gasteiger partial charge is 0.262 e. The molecule has 3 aromatic rings. The van der Waals surface area contributed by atoms with E-state index in [1.54, 1.807) is 0 Å². The zero-order valence-electron chi connectivity index (χ0n) is 16.7. The molecular weight excluding hydrogens is 354 g/mol. The van der Waals surface area contributed by atoms with Gasteiger partial charge in [-0.05, 0) is 55.0 Å². The van der Waals surface area contributed by atoms with Crippen LogP contribution in [0.3, 0.4) is 0 Å². The second-order valence-corrected chi connectivity index (χ2v) is 9.72. The van der Waals surface area contributed by atoms with Gasteiger partial charge in [-0.15, -0.1) is 0 Å². The Balaban J connectivity index is 1.99. The monoisotopic (exact) mass is 379 g/mol. The van der Waals surface area contributed by atoms with Crippen LogP contribution in [0.15, 0.2) is 56.7 Å². The molecule has 0 N–H and O–H groups in total. The molecule has 1 unspecified atom stereocenters. The highest BCUT2D eigenvalue weighted by atomic mass is 32.2. The first-order valence-electron chi connectivity index (χ1n) is 9.21. The second kappa shape index (κ2) is 6.18. The first-order chi connectivity index (χ1) is 12.7. The van der Waals surface area contributed by atoms with Crippen molar-refractivity contribution in [1.29, 1.82) is 0 Å². The molecule has 0 saturated heterocycles. The van der Waals surface area contributed by atoms with Crippen LogP contribution in [0.5, 0.6) is 0 Å². The summed E-state index contributed by atoms with van der Waals surface area (Å²) in [7, 11) is 0. The Kier molecular flexibility index (Phi) is 4.17. The van der Waals surface area contributed by atoms with Gasteiger partial charge in [0.05, 0.1) is 5.69 Å². The number of nitrogens with zero attached hydrogens (tertiary/aromatic N) is 1. The quantitative estimate of drug-likeness (QED) is 0.456. The Labute approximate surface area is 164 Å². The van der Waals surface area contributed by atoms with Crippen molar-refractivity contribution in [1.82, 2.24) is 0 Å². The molecule has 0 spiro atoms. The third kappa shape index (κ3) is 2.88. The minimum absolute atomic E-state index is 0.0851. The van der Waals surface area contributed by atoms with Gasteiger partial charge >= 0.3 is 0 Å². The molecule has 1 aromatic heterocycles. The lowest BCUT2D eigenvalue weighted by Gasteiger charge is -2.32. The van der Waals surface area contributed by atoms with Crippen molar-refractivity contribution in [2.45, 2.75) is 56.7 Å². The van der Waals surface area contributed by atoms with Crippen LogP contribution in [0.1, 0.15) is 43.2 Å². The van der Waals surface area contributed by atoms with E-state index in [1.807, 2.05) is 37.3 Å². The maximum atomic E-state index is 13.1. The molecule has 0 fully saturated rings. The van der Waals surface area contributed by atoms with E-state index in [0.29, 0.717) is 5.88 Å². The largest absolute Gasteiger partial charge is 0.606 e. The average molecular weight is 380 g/mol. The summed E-state index contributed by atoms with van der Waals surface area (Å²) in [6.07, 6.45) is 0. The van der Waals surface area contributed by atoms with Crippen molar-refractivity contribution >= 4 is 28.4 Å². The molecule has 3 nitrogen and oxygen atoms in total. The van der Waals surface area contributed by atoms with Crippen molar-refractivity contribution < 1.29 is 8.97 Å². The molecule has 0 saturated carbocycles. The van der Waals surface area contributed by atoms with Crippen LogP contribution < -0.4 is 4.90 Å². The van der Waals surface area contributed by atoms with Gasteiger partial charge in [0, 0.05) is 17.2 Å². The molecule has 4 heteroatoms. The topological polar surface area (TPSA) is 39.4 Å². The molecule has 0 radical (unpaired) electrons. The molecule has 4 rings (SSSR count). The number of furan rings is 1. The van der Waals surface area contributed by atoms with Gasteiger partial charge in [0.1, 0.15) is 11.4 Å². The summed E-state index contributed by atoms with van der Waals surface area (Å²) in [5.74, 6) is 1.44. The highest BCUT2D eigenvalue weighted by Crippen LogP contribution is 2.51. The Morgan fingerprint density at radius 1 is 0.926 bits per heavy atom. The lowest BCUT2D eigenvalue weighted by molar-refractivity contribution is 0.532. The van der Waals surface area contributed by atoms with Crippen molar-refractivity contribution in [2.24, 2.45) is 0 Å². The summed E-state index contributed by atoms with van der Waals surface area (Å²) < 4.78 is 19.1. The fourth-order valence-corrected chi connectivity index (χ4v) is 5.11. The Hall–Kier alpha value is -2.17. The predicted molar refractivity (Wildman–Crippen MR) is 111 cm³/mol. The highest BCUT2D eigenvalue weighted by molar-refractivity contribution is 7.92. The summed E-state index contributed by atoms with van der Waals surface area (Å²) in [6.45, 7) is 12.9. The van der Waals surface area contributed by atoms with Gasteiger partial charge in [-0.1, -0.05) is 45.0 Å². The van der Waals surface area contributed by atoms with Gasteiger partial charge in [-0.3, -0.25) is 4.90 Å². The lowest BCUT2D eigenvalue weighted by atomic mass is 9.84. The van der Waals surface area contributed by atoms with Gasteiger partial charge in [0.2, 0.25) is 4.90 Å². The van der Waals surface area contributed by atoms with E-state index < -0.39 is 11.2 Å². The van der Waals surface area contributed by atoms with Gasteiger partial charge in [0.25, 0.3) is 5.88 Å². The molecule has 0 amide bonds. The zero-order chi connectivity index (χ0) is 19.5. The summed E-state index contributed by atoms with van der Waals surface area (Å²) in [5.41, 5.74) is 5.79. The first-order valence-corrected chi connectivity index (χ1v) is 10.4. The summed E-state index contributed by atoms with van der Waals surface area (Å²) >= 11 is -1.23. The van der Waals surface area contributed by atoms with Crippen LogP contribution in [0.4, 0.5) is 17.3 Å². The Bertz CT molecular complexity index is 1010. The number of anilines is 3. The van der Waals surface area contributed by atoms with E-state index in [4.69, 9.17) is 4.42 Å². The zero-order valence-corrected chi connectivity index (χ0v) is 17.5. The second-order valence-electron chi connectivity index (χ2n) is 8.31. The molecular formula is C23H25NO2S. The highest BCUT2D eigenvalue weighted by Gasteiger charge is 2.39. The maximum absolute atomic E-state index is 13.1. The third-order valence-corrected chi connectivity index (χ3v) is 6.53. The van der Waals surface area contributed by atoms with Crippen molar-refractivity contribution in [3.05, 3.63) is 64.9 Å². The molecule has 0 bridgehead atoms. The molecule has 140 valence electrons. The molecule has 27 heavy (non-hydrogen) atoms. The number of hydrogen-bond donors (Lipinski definition) is 0. The number of fused-ring (bicyclic) bond motifs is 2. The SMILES string of the molecule is Cc1cc2c(o1)N(c1c(C)cc(C(C)(C)C)cc1C)c1ccccc1[S+]2[O-]. The molecule has 1 aliphatic heterocycles. The number of rotatable bonds is 1. The van der Waals surface area contributed by atoms with Gasteiger partial charge < -0.3 is 8.97 Å². The minimum atomic E-state index is -1.23. The molecule has 2 heterocycles. The molecule has 0 aliphatic carbocycles. The number of para-hydroxylation sites is 1. The van der Waals surface area contributed by atoms with Crippen LogP contribution >= 0.6 is 0 Å². The normalized spacial score (nSPS) is 16.3. The van der Waals surface area contributed by atoms with Gasteiger partial charge in [0.15, 0.2) is 4.90 Å². The van der Waals surface area contributed by atoms with E-state index in [9.17, 15) is 4.55 Å². The summed E-state index contributed by atoms with van der Waals surface area (Å²) in [6, 6.07) is 14.3. The van der Waals surface area contributed by atoms with Crippen LogP contribution in [-0.4, -0.2) is 4.55 Å². The fourth-order valence-electron chi connectivity index (χ4n) is 3.76. The Morgan fingerprint density at radius 2 is 1.56 bits per heavy atom. The number of aryl methyl sites for hydroxylation is 3. The van der Waals surface area contributed by atoms with Crippen molar-refractivity contribution in [3.63, 3.8) is 0 Å². The van der Waals surface area contributed by atoms with E-state index in [2.05, 4.69) is 51.7 Å². The number of benzene rings is 2. The van der Waals surface area contributed by atoms with Crippen LogP contribution in [-0.2, 0) is 16.6 Å². The third-order valence-electron chi connectivity index (χ3n) is 5.09. The lowest BCUT2D eigenvalue weighted by Crippen LogP contribution is -2.23. The standard InChI is InChI=1S/C23H25NO2S/c1-14-11-17(23(4,5)6)12-15(2)21(14)24-18-9-7-8-10-19(18)27(25)20-13-16(3)26-22(20)24/h7-13H,1-6H3. The van der Waals surface area contributed by atoms with Gasteiger partial charge in [-0.25, -0.2) is 0 Å². The molecule has 1 aliphatic rings. The molecule has 2 aromatic carbocycles. The maximum Gasteiger partial charge on any atom is 0.262 e. The van der Waals surface area contributed by atoms with Crippen molar-refractivity contribution in [3.8, 4) is 0 Å². The minimum Gasteiger partial charge on any atom is -0.606 e. The Morgan fingerprint density at radius 3 is 2.19 bits per heavy atom. The van der Waals surface area contributed by atoms with Gasteiger partial charge in [-0.2, -0.15) is 0 Å². The number of hydrogen-bond acceptors (Lipinski definition) is 3. The van der Waals surface area contributed by atoms with Crippen molar-refractivity contribution in [2.75, 3.05) is 4.90 Å². The summed E-state index contributed by atoms with van der Waals surface area (Å²) in [5, 5.41) is 0. The fraction of sp³-hybridized carbons (Fsp3) is 0.304. The molecule has 1 atom stereocenters. The predicted octanol–water partition coefficient (Wildman–Crippen LogP) is 6.45. The van der Waals surface area contributed by atoms with Crippen LogP contribution in [0.2, 0.25) is 0 Å². The van der Waals surface area contributed by atoms with E-state index >= 15 is 0 Å².